The lowest BCUT2D eigenvalue weighted by atomic mass is 10.2. The highest BCUT2D eigenvalue weighted by molar-refractivity contribution is 7.11. The third-order valence-electron chi connectivity index (χ3n) is 2.70. The molecule has 0 amide bonds. The third-order valence-corrected chi connectivity index (χ3v) is 3.76. The van der Waals surface area contributed by atoms with Gasteiger partial charge in [0.2, 0.25) is 0 Å². The van der Waals surface area contributed by atoms with Gasteiger partial charge in [-0.05, 0) is 26.0 Å². The van der Waals surface area contributed by atoms with Crippen LogP contribution in [0.15, 0.2) is 23.1 Å². The van der Waals surface area contributed by atoms with Gasteiger partial charge >= 0.3 is 6.18 Å². The molecule has 102 valence electrons. The molecular formula is C12H11F3N2OS. The van der Waals surface area contributed by atoms with Gasteiger partial charge in [-0.2, -0.15) is 13.2 Å². The normalized spacial score (nSPS) is 11.8. The molecule has 0 atom stereocenters. The van der Waals surface area contributed by atoms with Gasteiger partial charge in [-0.15, -0.1) is 11.3 Å². The van der Waals surface area contributed by atoms with Crippen molar-refractivity contribution in [1.29, 1.82) is 0 Å². The van der Waals surface area contributed by atoms with Crippen molar-refractivity contribution >= 4 is 11.3 Å². The molecule has 0 fully saturated rings. The molecule has 0 aliphatic rings. The van der Waals surface area contributed by atoms with E-state index < -0.39 is 17.3 Å². The van der Waals surface area contributed by atoms with Crippen molar-refractivity contribution < 1.29 is 13.2 Å². The van der Waals surface area contributed by atoms with E-state index in [4.69, 9.17) is 0 Å². The summed E-state index contributed by atoms with van der Waals surface area (Å²) in [7, 11) is 0. The number of aromatic nitrogens is 2. The Balaban J connectivity index is 2.39. The van der Waals surface area contributed by atoms with Crippen molar-refractivity contribution in [2.45, 2.75) is 26.6 Å². The van der Waals surface area contributed by atoms with Gasteiger partial charge in [0, 0.05) is 11.1 Å². The second-order valence-corrected chi connectivity index (χ2v) is 5.39. The van der Waals surface area contributed by atoms with Crippen molar-refractivity contribution in [2.75, 3.05) is 0 Å². The number of hydrogen-bond donors (Lipinski definition) is 0. The third kappa shape index (κ3) is 2.86. The van der Waals surface area contributed by atoms with Crippen LogP contribution < -0.4 is 5.56 Å². The maximum atomic E-state index is 12.6. The lowest BCUT2D eigenvalue weighted by Crippen LogP contribution is -2.28. The van der Waals surface area contributed by atoms with Crippen molar-refractivity contribution in [3.8, 4) is 0 Å². The number of thiazole rings is 1. The Hall–Kier alpha value is -1.63. The molecule has 2 aromatic heterocycles. The molecule has 2 rings (SSSR count). The first-order chi connectivity index (χ1) is 8.79. The van der Waals surface area contributed by atoms with E-state index in [0.29, 0.717) is 5.01 Å². The average Bonchev–Trinajstić information content (AvgIpc) is 2.59. The highest BCUT2D eigenvalue weighted by Crippen LogP contribution is 2.26. The van der Waals surface area contributed by atoms with Crippen LogP contribution >= 0.6 is 11.3 Å². The van der Waals surface area contributed by atoms with E-state index in [9.17, 15) is 18.0 Å². The highest BCUT2D eigenvalue weighted by atomic mass is 32.1. The van der Waals surface area contributed by atoms with Gasteiger partial charge in [-0.3, -0.25) is 4.79 Å². The first-order valence-corrected chi connectivity index (χ1v) is 6.30. The number of aryl methyl sites for hydroxylation is 2. The van der Waals surface area contributed by atoms with Crippen LogP contribution in [0.1, 0.15) is 21.1 Å². The molecule has 19 heavy (non-hydrogen) atoms. The average molecular weight is 288 g/mol. The number of hydrogen-bond acceptors (Lipinski definition) is 3. The van der Waals surface area contributed by atoms with Crippen molar-refractivity contribution in [1.82, 2.24) is 9.55 Å². The van der Waals surface area contributed by atoms with E-state index in [-0.39, 0.29) is 6.54 Å². The Kier molecular flexibility index (Phi) is 3.49. The van der Waals surface area contributed by atoms with Crippen LogP contribution in [0.2, 0.25) is 0 Å². The summed E-state index contributed by atoms with van der Waals surface area (Å²) in [5, 5.41) is 0.622. The molecule has 0 N–H and O–H groups in total. The minimum Gasteiger partial charge on any atom is -0.308 e. The van der Waals surface area contributed by atoms with Crippen LogP contribution in [0.25, 0.3) is 0 Å². The summed E-state index contributed by atoms with van der Waals surface area (Å²) < 4.78 is 38.9. The zero-order valence-electron chi connectivity index (χ0n) is 10.3. The fourth-order valence-electron chi connectivity index (χ4n) is 1.63. The van der Waals surface area contributed by atoms with E-state index in [0.717, 1.165) is 21.2 Å². The lowest BCUT2D eigenvalue weighted by Gasteiger charge is -2.08. The Morgan fingerprint density at radius 2 is 2.05 bits per heavy atom. The SMILES string of the molecule is Cc1nc(Cn2cccc(C(F)(F)F)c2=O)sc1C. The summed E-state index contributed by atoms with van der Waals surface area (Å²) in [5.74, 6) is 0. The molecule has 0 bridgehead atoms. The van der Waals surface area contributed by atoms with Crippen LogP contribution in [-0.2, 0) is 12.7 Å². The second-order valence-electron chi connectivity index (χ2n) is 4.10. The quantitative estimate of drug-likeness (QED) is 0.851. The first-order valence-electron chi connectivity index (χ1n) is 5.48. The fraction of sp³-hybridized carbons (Fsp3) is 0.333. The minimum atomic E-state index is -4.63. The molecular weight excluding hydrogens is 277 g/mol. The molecule has 0 aliphatic carbocycles. The molecule has 7 heteroatoms. The molecule has 0 radical (unpaired) electrons. The van der Waals surface area contributed by atoms with Gasteiger partial charge in [0.05, 0.1) is 12.2 Å². The summed E-state index contributed by atoms with van der Waals surface area (Å²) >= 11 is 1.38. The fourth-order valence-corrected chi connectivity index (χ4v) is 2.56. The predicted molar refractivity (Wildman–Crippen MR) is 66.4 cm³/mol. The van der Waals surface area contributed by atoms with Crippen molar-refractivity contribution in [3.05, 3.63) is 49.8 Å². The van der Waals surface area contributed by atoms with E-state index in [2.05, 4.69) is 4.98 Å². The molecule has 0 unspecified atom stereocenters. The number of halogens is 3. The number of alkyl halides is 3. The van der Waals surface area contributed by atoms with Crippen LogP contribution in [0.5, 0.6) is 0 Å². The Morgan fingerprint density at radius 1 is 1.37 bits per heavy atom. The molecule has 2 aromatic rings. The molecule has 0 spiro atoms. The molecule has 0 saturated carbocycles. The summed E-state index contributed by atoms with van der Waals surface area (Å²) in [6.45, 7) is 3.76. The summed E-state index contributed by atoms with van der Waals surface area (Å²) in [6, 6.07) is 2.01. The Bertz CT molecular complexity index is 638. The van der Waals surface area contributed by atoms with Crippen molar-refractivity contribution in [3.63, 3.8) is 0 Å². The Labute approximate surface area is 111 Å². The highest BCUT2D eigenvalue weighted by Gasteiger charge is 2.34. The molecule has 0 saturated heterocycles. The van der Waals surface area contributed by atoms with E-state index in [1.807, 2.05) is 13.8 Å². The zero-order chi connectivity index (χ0) is 14.2. The van der Waals surface area contributed by atoms with E-state index in [1.54, 1.807) is 0 Å². The van der Waals surface area contributed by atoms with Crippen LogP contribution in [0.3, 0.4) is 0 Å². The molecule has 2 heterocycles. The topological polar surface area (TPSA) is 34.9 Å². The smallest absolute Gasteiger partial charge is 0.308 e. The minimum absolute atomic E-state index is 0.0576. The van der Waals surface area contributed by atoms with Gasteiger partial charge in [0.1, 0.15) is 10.6 Å². The van der Waals surface area contributed by atoms with Gasteiger partial charge in [-0.1, -0.05) is 0 Å². The zero-order valence-corrected chi connectivity index (χ0v) is 11.1. The molecule has 0 aliphatic heterocycles. The molecule has 3 nitrogen and oxygen atoms in total. The maximum absolute atomic E-state index is 12.6. The lowest BCUT2D eigenvalue weighted by molar-refractivity contribution is -0.138. The number of nitrogens with zero attached hydrogens (tertiary/aromatic N) is 2. The van der Waals surface area contributed by atoms with Crippen LogP contribution in [-0.4, -0.2) is 9.55 Å². The largest absolute Gasteiger partial charge is 0.421 e. The van der Waals surface area contributed by atoms with Crippen molar-refractivity contribution in [2.24, 2.45) is 0 Å². The van der Waals surface area contributed by atoms with Gasteiger partial charge in [-0.25, -0.2) is 4.98 Å². The number of pyridine rings is 1. The van der Waals surface area contributed by atoms with Crippen LogP contribution in [0.4, 0.5) is 13.2 Å². The van der Waals surface area contributed by atoms with Gasteiger partial charge < -0.3 is 4.57 Å². The Morgan fingerprint density at radius 3 is 2.58 bits per heavy atom. The monoisotopic (exact) mass is 288 g/mol. The number of rotatable bonds is 2. The van der Waals surface area contributed by atoms with Crippen LogP contribution in [0, 0.1) is 13.8 Å². The molecule has 0 aromatic carbocycles. The van der Waals surface area contributed by atoms with E-state index >= 15 is 0 Å². The standard InChI is InChI=1S/C12H11F3N2OS/c1-7-8(2)19-10(16-7)6-17-5-3-4-9(11(17)18)12(13,14)15/h3-5H,6H2,1-2H3. The summed E-state index contributed by atoms with van der Waals surface area (Å²) in [6.07, 6.45) is -3.29. The van der Waals surface area contributed by atoms with Gasteiger partial charge in [0.15, 0.2) is 0 Å². The van der Waals surface area contributed by atoms with Gasteiger partial charge in [0.25, 0.3) is 5.56 Å². The summed E-state index contributed by atoms with van der Waals surface area (Å²) in [4.78, 5) is 16.9. The second kappa shape index (κ2) is 4.80. The first kappa shape index (κ1) is 13.8. The summed E-state index contributed by atoms with van der Waals surface area (Å²) in [5.41, 5.74) is -1.36. The maximum Gasteiger partial charge on any atom is 0.421 e. The predicted octanol–water partition coefficient (Wildman–Crippen LogP) is 2.99. The van der Waals surface area contributed by atoms with E-state index in [1.165, 1.54) is 23.6 Å².